The van der Waals surface area contributed by atoms with Crippen molar-refractivity contribution in [3.63, 3.8) is 0 Å². The van der Waals surface area contributed by atoms with Gasteiger partial charge >= 0.3 is 6.09 Å². The third kappa shape index (κ3) is 31.0. The molecule has 0 heterocycles. The summed E-state index contributed by atoms with van der Waals surface area (Å²) in [5.41, 5.74) is -0.505. The van der Waals surface area contributed by atoms with Crippen molar-refractivity contribution in [2.45, 2.75) is 26.4 Å². The molecule has 0 bridgehead atoms. The van der Waals surface area contributed by atoms with Crippen molar-refractivity contribution >= 4 is 6.09 Å². The Hall–Kier alpha value is -1.35. The van der Waals surface area contributed by atoms with Gasteiger partial charge in [-0.1, -0.05) is 6.08 Å². The van der Waals surface area contributed by atoms with Crippen molar-refractivity contribution in [2.24, 2.45) is 0 Å². The first-order chi connectivity index (χ1) is 18.9. The lowest BCUT2D eigenvalue weighted by Crippen LogP contribution is -2.36. The Morgan fingerprint density at radius 3 is 1.13 bits per heavy atom. The lowest BCUT2D eigenvalue weighted by atomic mass is 10.2. The van der Waals surface area contributed by atoms with E-state index in [1.54, 1.807) is 13.1 Å². The summed E-state index contributed by atoms with van der Waals surface area (Å²) >= 11 is 0. The fourth-order valence-corrected chi connectivity index (χ4v) is 2.56. The van der Waals surface area contributed by atoms with E-state index >= 15 is 0 Å². The van der Waals surface area contributed by atoms with E-state index in [1.807, 2.05) is 20.8 Å². The molecule has 0 aliphatic carbocycles. The molecule has 0 rings (SSSR count). The fraction of sp³-hybridized carbons (Fsp3) is 0.889. The average Bonchev–Trinajstić information content (AvgIpc) is 2.89. The van der Waals surface area contributed by atoms with Crippen LogP contribution in [-0.4, -0.2) is 149 Å². The van der Waals surface area contributed by atoms with Gasteiger partial charge in [0.15, 0.2) is 0 Å². The maximum absolute atomic E-state index is 11.8. The van der Waals surface area contributed by atoms with Crippen molar-refractivity contribution < 1.29 is 52.2 Å². The van der Waals surface area contributed by atoms with E-state index in [2.05, 4.69) is 6.58 Å². The molecule has 0 spiro atoms. The van der Waals surface area contributed by atoms with Gasteiger partial charge in [0.2, 0.25) is 0 Å². The van der Waals surface area contributed by atoms with Crippen LogP contribution in [0.5, 0.6) is 0 Å². The Balaban J connectivity index is 3.16. The van der Waals surface area contributed by atoms with Crippen LogP contribution in [0.2, 0.25) is 0 Å². The first-order valence-corrected chi connectivity index (χ1v) is 13.6. The Labute approximate surface area is 235 Å². The highest BCUT2D eigenvalue weighted by molar-refractivity contribution is 5.67. The van der Waals surface area contributed by atoms with E-state index in [9.17, 15) is 4.79 Å². The molecule has 0 saturated heterocycles. The van der Waals surface area contributed by atoms with Crippen LogP contribution in [-0.2, 0) is 47.4 Å². The van der Waals surface area contributed by atoms with Gasteiger partial charge in [-0.05, 0) is 20.8 Å². The molecule has 232 valence electrons. The van der Waals surface area contributed by atoms with Crippen molar-refractivity contribution in [1.82, 2.24) is 4.90 Å². The van der Waals surface area contributed by atoms with E-state index in [0.29, 0.717) is 125 Å². The molecule has 12 heteroatoms. The summed E-state index contributed by atoms with van der Waals surface area (Å²) in [7, 11) is 1.68. The van der Waals surface area contributed by atoms with Gasteiger partial charge in [0.25, 0.3) is 0 Å². The predicted molar refractivity (Wildman–Crippen MR) is 146 cm³/mol. The van der Waals surface area contributed by atoms with Crippen LogP contribution in [0.15, 0.2) is 12.7 Å². The number of hydrogen-bond donors (Lipinski definition) is 0. The molecule has 12 nitrogen and oxygen atoms in total. The summed E-state index contributed by atoms with van der Waals surface area (Å²) in [5.74, 6) is 0. The first-order valence-electron chi connectivity index (χ1n) is 13.6. The number of hydrogen-bond acceptors (Lipinski definition) is 11. The molecule has 0 aromatic heterocycles. The van der Waals surface area contributed by atoms with Gasteiger partial charge in [-0.25, -0.2) is 4.79 Å². The molecule has 0 unspecified atom stereocenters. The molecule has 1 amide bonds. The second-order valence-electron chi connectivity index (χ2n) is 9.16. The minimum atomic E-state index is -0.505. The summed E-state index contributed by atoms with van der Waals surface area (Å²) < 4.78 is 54.0. The molecule has 0 aromatic carbocycles. The minimum absolute atomic E-state index is 0.362. The smallest absolute Gasteiger partial charge is 0.410 e. The highest BCUT2D eigenvalue weighted by Crippen LogP contribution is 2.08. The number of rotatable bonds is 29. The lowest BCUT2D eigenvalue weighted by molar-refractivity contribution is -0.0250. The molecule has 0 N–H and O–H groups in total. The van der Waals surface area contributed by atoms with Crippen LogP contribution >= 0.6 is 0 Å². The van der Waals surface area contributed by atoms with Crippen LogP contribution in [0, 0.1) is 0 Å². The highest BCUT2D eigenvalue weighted by atomic mass is 16.6. The van der Waals surface area contributed by atoms with Crippen molar-refractivity contribution in [3.8, 4) is 0 Å². The number of ether oxygens (including phenoxy) is 10. The largest absolute Gasteiger partial charge is 0.444 e. The third-order valence-corrected chi connectivity index (χ3v) is 4.49. The SMILES string of the molecule is C=CCOCCOCCOCCOCCOCCOCCOCCOCCOCCN(C)C(=O)OC(C)(C)C. The molecule has 39 heavy (non-hydrogen) atoms. The number of amides is 1. The highest BCUT2D eigenvalue weighted by Gasteiger charge is 2.19. The standard InChI is InChI=1S/C27H53NO11/c1-6-8-30-10-12-32-14-16-34-18-20-36-22-24-38-25-23-37-21-19-35-17-15-33-13-11-31-9-7-28(5)26(29)39-27(2,3)4/h6H,1,7-25H2,2-5H3. The topological polar surface area (TPSA) is 113 Å². The van der Waals surface area contributed by atoms with Crippen molar-refractivity contribution in [1.29, 1.82) is 0 Å². The first kappa shape index (κ1) is 37.6. The quantitative estimate of drug-likeness (QED) is 0.0979. The number of carbonyl (C=O) groups is 1. The Morgan fingerprint density at radius 2 is 0.846 bits per heavy atom. The van der Waals surface area contributed by atoms with E-state index in [0.717, 1.165) is 0 Å². The summed E-state index contributed by atoms with van der Waals surface area (Å²) in [6, 6.07) is 0. The Bertz CT molecular complexity index is 546. The van der Waals surface area contributed by atoms with Gasteiger partial charge in [0.1, 0.15) is 5.60 Å². The summed E-state index contributed by atoms with van der Waals surface area (Å²) in [5, 5.41) is 0. The molecule has 0 aliphatic heterocycles. The van der Waals surface area contributed by atoms with Crippen LogP contribution in [0.3, 0.4) is 0 Å². The van der Waals surface area contributed by atoms with E-state index in [1.165, 1.54) is 4.90 Å². The van der Waals surface area contributed by atoms with Crippen LogP contribution in [0.1, 0.15) is 20.8 Å². The van der Waals surface area contributed by atoms with E-state index in [4.69, 9.17) is 47.4 Å². The number of likely N-dealkylation sites (N-methyl/N-ethyl adjacent to an activating group) is 1. The second kappa shape index (κ2) is 28.2. The second-order valence-corrected chi connectivity index (χ2v) is 9.16. The maximum atomic E-state index is 11.8. The number of carbonyl (C=O) groups excluding carboxylic acids is 1. The molecular weight excluding hydrogens is 514 g/mol. The zero-order valence-electron chi connectivity index (χ0n) is 24.7. The molecule has 0 atom stereocenters. The Morgan fingerprint density at radius 1 is 0.564 bits per heavy atom. The van der Waals surface area contributed by atoms with Gasteiger partial charge in [0, 0.05) is 13.6 Å². The average molecular weight is 568 g/mol. The molecule has 0 saturated carbocycles. The number of nitrogens with zero attached hydrogens (tertiary/aromatic N) is 1. The van der Waals surface area contributed by atoms with E-state index in [-0.39, 0.29) is 6.09 Å². The van der Waals surface area contributed by atoms with Gasteiger partial charge in [-0.2, -0.15) is 0 Å². The lowest BCUT2D eigenvalue weighted by Gasteiger charge is -2.24. The zero-order chi connectivity index (χ0) is 28.9. The van der Waals surface area contributed by atoms with Crippen LogP contribution in [0.4, 0.5) is 4.79 Å². The third-order valence-electron chi connectivity index (χ3n) is 4.49. The monoisotopic (exact) mass is 567 g/mol. The van der Waals surface area contributed by atoms with Gasteiger partial charge < -0.3 is 52.3 Å². The summed E-state index contributed by atoms with van der Waals surface area (Å²) in [6.45, 7) is 18.6. The Kier molecular flexibility index (Phi) is 27.2. The van der Waals surface area contributed by atoms with Gasteiger partial charge in [-0.15, -0.1) is 6.58 Å². The maximum Gasteiger partial charge on any atom is 0.410 e. The molecule has 0 fully saturated rings. The summed E-state index contributed by atoms with van der Waals surface area (Å²) in [4.78, 5) is 13.3. The van der Waals surface area contributed by atoms with Crippen LogP contribution < -0.4 is 0 Å². The summed E-state index contributed by atoms with van der Waals surface area (Å²) in [6.07, 6.45) is 1.35. The molecular formula is C27H53NO11. The minimum Gasteiger partial charge on any atom is -0.444 e. The zero-order valence-corrected chi connectivity index (χ0v) is 24.7. The molecule has 0 aliphatic rings. The molecule has 0 aromatic rings. The van der Waals surface area contributed by atoms with Gasteiger partial charge in [-0.3, -0.25) is 0 Å². The fourth-order valence-electron chi connectivity index (χ4n) is 2.56. The van der Waals surface area contributed by atoms with Crippen LogP contribution in [0.25, 0.3) is 0 Å². The van der Waals surface area contributed by atoms with Gasteiger partial charge in [0.05, 0.1) is 119 Å². The van der Waals surface area contributed by atoms with Crippen molar-refractivity contribution in [2.75, 3.05) is 133 Å². The molecule has 0 radical (unpaired) electrons. The normalized spacial score (nSPS) is 11.6. The predicted octanol–water partition coefficient (Wildman–Crippen LogP) is 2.19. The van der Waals surface area contributed by atoms with E-state index < -0.39 is 5.60 Å². The van der Waals surface area contributed by atoms with Crippen molar-refractivity contribution in [3.05, 3.63) is 12.7 Å².